The number of carbonyl (C=O) groups is 2. The molecule has 0 atom stereocenters. The number of aromatic amines is 1. The first-order chi connectivity index (χ1) is 12.0. The lowest BCUT2D eigenvalue weighted by molar-refractivity contribution is 0.0696. The highest BCUT2D eigenvalue weighted by atomic mass is 19.1. The Labute approximate surface area is 141 Å². The number of H-pyrrole nitrogens is 1. The number of hydrogen-bond acceptors (Lipinski definition) is 3. The van der Waals surface area contributed by atoms with E-state index in [4.69, 9.17) is 5.11 Å². The lowest BCUT2D eigenvalue weighted by Gasteiger charge is -2.00. The van der Waals surface area contributed by atoms with Crippen LogP contribution in [0.2, 0.25) is 0 Å². The molecule has 0 aliphatic heterocycles. The van der Waals surface area contributed by atoms with E-state index >= 15 is 0 Å². The molecule has 0 radical (unpaired) electrons. The van der Waals surface area contributed by atoms with Gasteiger partial charge in [-0.1, -0.05) is 12.1 Å². The van der Waals surface area contributed by atoms with Crippen molar-refractivity contribution in [1.29, 1.82) is 5.26 Å². The van der Waals surface area contributed by atoms with Crippen LogP contribution in [0.5, 0.6) is 0 Å². The summed E-state index contributed by atoms with van der Waals surface area (Å²) in [5.74, 6) is -1.98. The Morgan fingerprint density at radius 3 is 2.52 bits per heavy atom. The Morgan fingerprint density at radius 2 is 1.88 bits per heavy atom. The van der Waals surface area contributed by atoms with E-state index in [2.05, 4.69) is 4.98 Å². The molecule has 0 unspecified atom stereocenters. The van der Waals surface area contributed by atoms with Gasteiger partial charge in [0.05, 0.1) is 5.56 Å². The van der Waals surface area contributed by atoms with Crippen LogP contribution in [-0.2, 0) is 0 Å². The molecular formula is C19H11FN2O3. The molecule has 0 bridgehead atoms. The lowest BCUT2D eigenvalue weighted by Crippen LogP contribution is -2.01. The van der Waals surface area contributed by atoms with Gasteiger partial charge in [0.15, 0.2) is 0 Å². The summed E-state index contributed by atoms with van der Waals surface area (Å²) in [4.78, 5) is 26.3. The topological polar surface area (TPSA) is 93.9 Å². The molecule has 3 rings (SSSR count). The molecule has 0 spiro atoms. The molecule has 3 aromatic rings. The number of aromatic nitrogens is 1. The van der Waals surface area contributed by atoms with Crippen LogP contribution in [0.1, 0.15) is 26.3 Å². The fourth-order valence-corrected chi connectivity index (χ4v) is 2.47. The van der Waals surface area contributed by atoms with Crippen molar-refractivity contribution in [3.63, 3.8) is 0 Å². The maximum atomic E-state index is 13.2. The normalized spacial score (nSPS) is 11.3. The monoisotopic (exact) mass is 334 g/mol. The average molecular weight is 334 g/mol. The van der Waals surface area contributed by atoms with Crippen molar-refractivity contribution in [2.24, 2.45) is 0 Å². The summed E-state index contributed by atoms with van der Waals surface area (Å²) in [7, 11) is 0. The Morgan fingerprint density at radius 1 is 1.16 bits per heavy atom. The number of carboxylic acid groups (broad SMARTS) is 1. The number of hydrogen-bond donors (Lipinski definition) is 2. The second kappa shape index (κ2) is 6.42. The maximum Gasteiger partial charge on any atom is 0.335 e. The smallest absolute Gasteiger partial charge is 0.335 e. The van der Waals surface area contributed by atoms with E-state index in [0.717, 1.165) is 0 Å². The van der Waals surface area contributed by atoms with Gasteiger partial charge in [0.1, 0.15) is 17.5 Å². The van der Waals surface area contributed by atoms with Gasteiger partial charge in [0, 0.05) is 22.7 Å². The molecule has 2 aromatic carbocycles. The zero-order valence-electron chi connectivity index (χ0n) is 12.8. The van der Waals surface area contributed by atoms with E-state index in [1.807, 2.05) is 6.07 Å². The van der Waals surface area contributed by atoms with E-state index in [0.29, 0.717) is 16.5 Å². The third-order valence-corrected chi connectivity index (χ3v) is 3.72. The first-order valence-electron chi connectivity index (χ1n) is 7.26. The summed E-state index contributed by atoms with van der Waals surface area (Å²) < 4.78 is 13.2. The molecule has 122 valence electrons. The van der Waals surface area contributed by atoms with E-state index in [-0.39, 0.29) is 16.7 Å². The number of carbonyl (C=O) groups excluding carboxylic acids is 1. The predicted molar refractivity (Wildman–Crippen MR) is 89.6 cm³/mol. The summed E-state index contributed by atoms with van der Waals surface area (Å²) in [6, 6.07) is 11.7. The number of halogens is 1. The number of nitriles is 1. The van der Waals surface area contributed by atoms with Crippen LogP contribution in [0, 0.1) is 17.1 Å². The van der Waals surface area contributed by atoms with Gasteiger partial charge >= 0.3 is 5.97 Å². The van der Waals surface area contributed by atoms with Gasteiger partial charge in [-0.3, -0.25) is 4.79 Å². The summed E-state index contributed by atoms with van der Waals surface area (Å²) in [6.07, 6.45) is 2.82. The molecule has 1 heterocycles. The summed E-state index contributed by atoms with van der Waals surface area (Å²) >= 11 is 0. The zero-order chi connectivity index (χ0) is 18.0. The Kier molecular flexibility index (Phi) is 4.14. The molecule has 2 N–H and O–H groups in total. The van der Waals surface area contributed by atoms with Crippen molar-refractivity contribution in [2.45, 2.75) is 0 Å². The number of rotatable bonds is 4. The van der Waals surface area contributed by atoms with Gasteiger partial charge in [0.25, 0.3) is 0 Å². The van der Waals surface area contributed by atoms with Crippen molar-refractivity contribution in [3.8, 4) is 6.07 Å². The number of aromatic carboxylic acids is 1. The molecule has 5 nitrogen and oxygen atoms in total. The SMILES string of the molecule is N#CC(=Cc1ccc(C(=O)O)cc1)C(=O)c1c[nH]c2cc(F)ccc12. The van der Waals surface area contributed by atoms with Crippen LogP contribution in [0.4, 0.5) is 4.39 Å². The fourth-order valence-electron chi connectivity index (χ4n) is 2.47. The highest BCUT2D eigenvalue weighted by molar-refractivity contribution is 6.19. The minimum atomic E-state index is -1.06. The number of nitrogens with zero attached hydrogens (tertiary/aromatic N) is 1. The number of fused-ring (bicyclic) bond motifs is 1. The summed E-state index contributed by atoms with van der Waals surface area (Å²) in [5.41, 5.74) is 1.27. The molecule has 6 heteroatoms. The van der Waals surface area contributed by atoms with Crippen molar-refractivity contribution in [3.05, 3.63) is 76.7 Å². The van der Waals surface area contributed by atoms with Crippen molar-refractivity contribution >= 4 is 28.7 Å². The Balaban J connectivity index is 1.98. The highest BCUT2D eigenvalue weighted by Gasteiger charge is 2.17. The minimum Gasteiger partial charge on any atom is -0.478 e. The van der Waals surface area contributed by atoms with Gasteiger partial charge < -0.3 is 10.1 Å². The largest absolute Gasteiger partial charge is 0.478 e. The molecule has 25 heavy (non-hydrogen) atoms. The second-order valence-electron chi connectivity index (χ2n) is 5.32. The highest BCUT2D eigenvalue weighted by Crippen LogP contribution is 2.22. The zero-order valence-corrected chi connectivity index (χ0v) is 12.8. The van der Waals surface area contributed by atoms with Gasteiger partial charge in [-0.05, 0) is 42.0 Å². The van der Waals surface area contributed by atoms with Crippen LogP contribution in [-0.4, -0.2) is 21.8 Å². The molecule has 1 aromatic heterocycles. The first kappa shape index (κ1) is 16.1. The van der Waals surface area contributed by atoms with Crippen LogP contribution < -0.4 is 0 Å². The van der Waals surface area contributed by atoms with Crippen LogP contribution >= 0.6 is 0 Å². The molecule has 0 aliphatic carbocycles. The van der Waals surface area contributed by atoms with Gasteiger partial charge in [-0.25, -0.2) is 9.18 Å². The quantitative estimate of drug-likeness (QED) is 0.431. The predicted octanol–water partition coefficient (Wildman–Crippen LogP) is 3.80. The van der Waals surface area contributed by atoms with E-state index in [1.165, 1.54) is 54.7 Å². The fraction of sp³-hybridized carbons (Fsp3) is 0. The lowest BCUT2D eigenvalue weighted by atomic mass is 10.0. The molecule has 0 saturated heterocycles. The third kappa shape index (κ3) is 3.16. The first-order valence-corrected chi connectivity index (χ1v) is 7.26. The van der Waals surface area contributed by atoms with Crippen molar-refractivity contribution in [1.82, 2.24) is 4.98 Å². The number of nitrogens with one attached hydrogen (secondary N) is 1. The molecule has 0 amide bonds. The van der Waals surface area contributed by atoms with E-state index < -0.39 is 17.6 Å². The number of Topliss-reactive ketones (excluding diaryl/α,β-unsaturated/α-hetero) is 1. The Bertz CT molecular complexity index is 1060. The third-order valence-electron chi connectivity index (χ3n) is 3.72. The number of carboxylic acids is 1. The Hall–Kier alpha value is -3.72. The number of benzene rings is 2. The molecular weight excluding hydrogens is 323 g/mol. The molecule has 0 fully saturated rings. The average Bonchev–Trinajstić information content (AvgIpc) is 3.02. The van der Waals surface area contributed by atoms with Crippen molar-refractivity contribution < 1.29 is 19.1 Å². The number of allylic oxidation sites excluding steroid dienone is 1. The minimum absolute atomic E-state index is 0.103. The van der Waals surface area contributed by atoms with Crippen LogP contribution in [0.3, 0.4) is 0 Å². The van der Waals surface area contributed by atoms with Gasteiger partial charge in [0.2, 0.25) is 5.78 Å². The maximum absolute atomic E-state index is 13.2. The van der Waals surface area contributed by atoms with Gasteiger partial charge in [-0.15, -0.1) is 0 Å². The summed E-state index contributed by atoms with van der Waals surface area (Å²) in [6.45, 7) is 0. The number of ketones is 1. The van der Waals surface area contributed by atoms with Crippen LogP contribution in [0.25, 0.3) is 17.0 Å². The van der Waals surface area contributed by atoms with Gasteiger partial charge in [-0.2, -0.15) is 5.26 Å². The van der Waals surface area contributed by atoms with Crippen molar-refractivity contribution in [2.75, 3.05) is 0 Å². The standard InChI is InChI=1S/C19H11FN2O3/c20-14-5-6-15-16(10-22-17(15)8-14)18(23)13(9-21)7-11-1-3-12(4-2-11)19(24)25/h1-8,10,22H,(H,24,25). The van der Waals surface area contributed by atoms with Crippen LogP contribution in [0.15, 0.2) is 54.2 Å². The molecule has 0 saturated carbocycles. The molecule has 0 aliphatic rings. The summed E-state index contributed by atoms with van der Waals surface area (Å²) in [5, 5.41) is 18.7. The van der Waals surface area contributed by atoms with E-state index in [9.17, 15) is 19.2 Å². The van der Waals surface area contributed by atoms with E-state index in [1.54, 1.807) is 0 Å². The second-order valence-corrected chi connectivity index (χ2v) is 5.32.